The van der Waals surface area contributed by atoms with E-state index >= 15 is 0 Å². The molecule has 1 atom stereocenters. The molecule has 0 bridgehead atoms. The van der Waals surface area contributed by atoms with Crippen molar-refractivity contribution in [3.63, 3.8) is 0 Å². The molecule has 0 aliphatic carbocycles. The first kappa shape index (κ1) is 16.0. The molecule has 0 fully saturated rings. The third kappa shape index (κ3) is 3.86. The molecule has 0 heterocycles. The van der Waals surface area contributed by atoms with Crippen LogP contribution in [0.1, 0.15) is 29.7 Å². The Morgan fingerprint density at radius 1 is 1.14 bits per heavy atom. The summed E-state index contributed by atoms with van der Waals surface area (Å²) in [5.74, 6) is 0.396. The molecule has 22 heavy (non-hydrogen) atoms. The van der Waals surface area contributed by atoms with Crippen molar-refractivity contribution in [3.8, 4) is 5.75 Å². The monoisotopic (exact) mass is 299 g/mol. The van der Waals surface area contributed by atoms with Crippen molar-refractivity contribution in [2.24, 2.45) is 5.73 Å². The van der Waals surface area contributed by atoms with Gasteiger partial charge in [0.15, 0.2) is 0 Å². The predicted octanol–water partition coefficient (Wildman–Crippen LogP) is 3.14. The third-order valence-corrected chi connectivity index (χ3v) is 3.41. The van der Waals surface area contributed by atoms with Crippen molar-refractivity contribution >= 4 is 5.97 Å². The van der Waals surface area contributed by atoms with E-state index < -0.39 is 12.0 Å². The standard InChI is InChI=1S/C18H21NO3/c1-3-21-18(20)17(19)15-10-6-5-9-14(15)12-22-16-11-7-4-8-13(16)2/h4-11,17H,3,12,19H2,1-2H3. The molecule has 2 N–H and O–H groups in total. The van der Waals surface area contributed by atoms with Crippen molar-refractivity contribution in [1.82, 2.24) is 0 Å². The van der Waals surface area contributed by atoms with Crippen LogP contribution in [0.4, 0.5) is 0 Å². The summed E-state index contributed by atoms with van der Waals surface area (Å²) < 4.78 is 10.8. The minimum Gasteiger partial charge on any atom is -0.489 e. The molecule has 0 aromatic heterocycles. The van der Waals surface area contributed by atoms with E-state index in [4.69, 9.17) is 15.2 Å². The Kier molecular flexibility index (Phi) is 5.55. The van der Waals surface area contributed by atoms with Crippen LogP contribution in [0, 0.1) is 6.92 Å². The summed E-state index contributed by atoms with van der Waals surface area (Å²) in [5, 5.41) is 0. The molecule has 0 amide bonds. The molecule has 0 saturated heterocycles. The SMILES string of the molecule is CCOC(=O)C(N)c1ccccc1COc1ccccc1C. The van der Waals surface area contributed by atoms with Crippen molar-refractivity contribution in [1.29, 1.82) is 0 Å². The fourth-order valence-electron chi connectivity index (χ4n) is 2.20. The number of para-hydroxylation sites is 1. The van der Waals surface area contributed by atoms with Gasteiger partial charge in [0, 0.05) is 0 Å². The highest BCUT2D eigenvalue weighted by Crippen LogP contribution is 2.22. The predicted molar refractivity (Wildman–Crippen MR) is 85.5 cm³/mol. The Bertz CT molecular complexity index is 640. The zero-order chi connectivity index (χ0) is 15.9. The second-order valence-electron chi connectivity index (χ2n) is 4.98. The summed E-state index contributed by atoms with van der Waals surface area (Å²) >= 11 is 0. The van der Waals surface area contributed by atoms with Gasteiger partial charge in [-0.2, -0.15) is 0 Å². The fourth-order valence-corrected chi connectivity index (χ4v) is 2.20. The van der Waals surface area contributed by atoms with Crippen LogP contribution in [-0.4, -0.2) is 12.6 Å². The smallest absolute Gasteiger partial charge is 0.327 e. The average Bonchev–Trinajstić information content (AvgIpc) is 2.54. The molecule has 116 valence electrons. The maximum Gasteiger partial charge on any atom is 0.327 e. The number of aryl methyl sites for hydroxylation is 1. The van der Waals surface area contributed by atoms with Crippen LogP contribution < -0.4 is 10.5 Å². The zero-order valence-corrected chi connectivity index (χ0v) is 12.9. The van der Waals surface area contributed by atoms with Gasteiger partial charge in [-0.25, -0.2) is 4.79 Å². The van der Waals surface area contributed by atoms with Crippen LogP contribution in [0.25, 0.3) is 0 Å². The number of carbonyl (C=O) groups excluding carboxylic acids is 1. The number of ether oxygens (including phenoxy) is 2. The van der Waals surface area contributed by atoms with Gasteiger partial charge < -0.3 is 15.2 Å². The Hall–Kier alpha value is -2.33. The number of nitrogens with two attached hydrogens (primary N) is 1. The molecule has 2 aromatic carbocycles. The Balaban J connectivity index is 2.15. The minimum atomic E-state index is -0.795. The highest BCUT2D eigenvalue weighted by atomic mass is 16.5. The number of benzene rings is 2. The van der Waals surface area contributed by atoms with Gasteiger partial charge in [0.05, 0.1) is 6.61 Å². The van der Waals surface area contributed by atoms with Crippen LogP contribution in [0.15, 0.2) is 48.5 Å². The van der Waals surface area contributed by atoms with Gasteiger partial charge >= 0.3 is 5.97 Å². The van der Waals surface area contributed by atoms with Crippen molar-refractivity contribution in [2.45, 2.75) is 26.5 Å². The van der Waals surface area contributed by atoms with Crippen LogP contribution in [-0.2, 0) is 16.1 Å². The van der Waals surface area contributed by atoms with E-state index in [0.29, 0.717) is 13.2 Å². The first-order chi connectivity index (χ1) is 10.6. The first-order valence-electron chi connectivity index (χ1n) is 7.32. The molecule has 0 aliphatic heterocycles. The number of rotatable bonds is 6. The quantitative estimate of drug-likeness (QED) is 0.832. The Labute approximate surface area is 130 Å². The zero-order valence-electron chi connectivity index (χ0n) is 12.9. The largest absolute Gasteiger partial charge is 0.489 e. The summed E-state index contributed by atoms with van der Waals surface area (Å²) in [4.78, 5) is 11.8. The van der Waals surface area contributed by atoms with E-state index in [1.807, 2.05) is 55.5 Å². The lowest BCUT2D eigenvalue weighted by Gasteiger charge is -2.16. The Morgan fingerprint density at radius 3 is 2.55 bits per heavy atom. The van der Waals surface area contributed by atoms with Gasteiger partial charge in [-0.05, 0) is 36.6 Å². The lowest BCUT2D eigenvalue weighted by Crippen LogP contribution is -2.25. The van der Waals surface area contributed by atoms with Gasteiger partial charge in [0.25, 0.3) is 0 Å². The number of hydrogen-bond donors (Lipinski definition) is 1. The van der Waals surface area contributed by atoms with Crippen LogP contribution in [0.2, 0.25) is 0 Å². The summed E-state index contributed by atoms with van der Waals surface area (Å²) in [6.45, 7) is 4.42. The third-order valence-electron chi connectivity index (χ3n) is 3.41. The molecular weight excluding hydrogens is 278 g/mol. The molecule has 0 saturated carbocycles. The Morgan fingerprint density at radius 2 is 1.82 bits per heavy atom. The van der Waals surface area contributed by atoms with Crippen molar-refractivity contribution in [3.05, 3.63) is 65.2 Å². The molecule has 0 aliphatic rings. The molecule has 1 unspecified atom stereocenters. The van der Waals surface area contributed by atoms with Gasteiger partial charge in [-0.1, -0.05) is 42.5 Å². The maximum atomic E-state index is 11.8. The topological polar surface area (TPSA) is 61.5 Å². The lowest BCUT2D eigenvalue weighted by atomic mass is 10.0. The summed E-state index contributed by atoms with van der Waals surface area (Å²) in [6, 6.07) is 14.5. The van der Waals surface area contributed by atoms with Crippen molar-refractivity contribution in [2.75, 3.05) is 6.61 Å². The molecule has 4 heteroatoms. The summed E-state index contributed by atoms with van der Waals surface area (Å²) in [5.41, 5.74) is 8.67. The van der Waals surface area contributed by atoms with E-state index in [2.05, 4.69) is 0 Å². The number of hydrogen-bond acceptors (Lipinski definition) is 4. The van der Waals surface area contributed by atoms with Gasteiger partial charge in [-0.3, -0.25) is 0 Å². The van der Waals surface area contributed by atoms with E-state index in [9.17, 15) is 4.79 Å². The molecule has 2 rings (SSSR count). The summed E-state index contributed by atoms with van der Waals surface area (Å²) in [6.07, 6.45) is 0. The molecule has 0 spiro atoms. The van der Waals surface area contributed by atoms with E-state index in [-0.39, 0.29) is 0 Å². The second kappa shape index (κ2) is 7.61. The van der Waals surface area contributed by atoms with E-state index in [0.717, 1.165) is 22.4 Å². The van der Waals surface area contributed by atoms with Crippen LogP contribution in [0.5, 0.6) is 5.75 Å². The number of carbonyl (C=O) groups is 1. The van der Waals surface area contributed by atoms with Gasteiger partial charge in [-0.15, -0.1) is 0 Å². The average molecular weight is 299 g/mol. The van der Waals surface area contributed by atoms with E-state index in [1.54, 1.807) is 6.92 Å². The van der Waals surface area contributed by atoms with Crippen LogP contribution >= 0.6 is 0 Å². The fraction of sp³-hybridized carbons (Fsp3) is 0.278. The maximum absolute atomic E-state index is 11.8. The first-order valence-corrected chi connectivity index (χ1v) is 7.32. The lowest BCUT2D eigenvalue weighted by molar-refractivity contribution is -0.144. The number of esters is 1. The van der Waals surface area contributed by atoms with Gasteiger partial charge in [0.1, 0.15) is 18.4 Å². The van der Waals surface area contributed by atoms with E-state index in [1.165, 1.54) is 0 Å². The van der Waals surface area contributed by atoms with Crippen molar-refractivity contribution < 1.29 is 14.3 Å². The molecular formula is C18H21NO3. The molecule has 2 aromatic rings. The van der Waals surface area contributed by atoms with Gasteiger partial charge in [0.2, 0.25) is 0 Å². The molecule has 4 nitrogen and oxygen atoms in total. The summed E-state index contributed by atoms with van der Waals surface area (Å²) in [7, 11) is 0. The van der Waals surface area contributed by atoms with Crippen LogP contribution in [0.3, 0.4) is 0 Å². The normalized spacial score (nSPS) is 11.8. The highest BCUT2D eigenvalue weighted by molar-refractivity contribution is 5.77. The minimum absolute atomic E-state index is 0.314. The molecule has 0 radical (unpaired) electrons. The highest BCUT2D eigenvalue weighted by Gasteiger charge is 2.20. The second-order valence-corrected chi connectivity index (χ2v) is 4.98.